The molecule has 21 heavy (non-hydrogen) atoms. The van der Waals surface area contributed by atoms with Crippen LogP contribution in [-0.2, 0) is 4.74 Å². The van der Waals surface area contributed by atoms with Crippen LogP contribution in [-0.4, -0.2) is 34.8 Å². The third-order valence-corrected chi connectivity index (χ3v) is 3.66. The number of nitrogen functional groups attached to an aromatic ring is 1. The van der Waals surface area contributed by atoms with E-state index in [1.807, 2.05) is 6.92 Å². The molecule has 0 saturated carbocycles. The summed E-state index contributed by atoms with van der Waals surface area (Å²) in [5.74, 6) is 8.32. The molecule has 118 valence electrons. The number of hydrogen-bond donors (Lipinski definition) is 2. The smallest absolute Gasteiger partial charge is 0.148 e. The van der Waals surface area contributed by atoms with Crippen LogP contribution in [0.4, 0.5) is 11.6 Å². The zero-order chi connectivity index (χ0) is 15.8. The van der Waals surface area contributed by atoms with Gasteiger partial charge in [0, 0.05) is 24.6 Å². The summed E-state index contributed by atoms with van der Waals surface area (Å²) in [6.07, 6.45) is 0.167. The fraction of sp³-hybridized carbons (Fsp3) is 0.733. The van der Waals surface area contributed by atoms with Gasteiger partial charge in [-0.15, -0.1) is 0 Å². The molecule has 0 radical (unpaired) electrons. The van der Waals surface area contributed by atoms with Crippen molar-refractivity contribution in [1.82, 2.24) is 9.97 Å². The van der Waals surface area contributed by atoms with Crippen LogP contribution >= 0.6 is 0 Å². The van der Waals surface area contributed by atoms with Gasteiger partial charge in [-0.1, -0.05) is 13.8 Å². The number of rotatable bonds is 3. The fourth-order valence-corrected chi connectivity index (χ4v) is 2.84. The molecule has 1 atom stereocenters. The second-order valence-electron chi connectivity index (χ2n) is 6.75. The number of nitrogens with one attached hydrogen (secondary N) is 1. The Hall–Kier alpha value is -1.40. The van der Waals surface area contributed by atoms with E-state index < -0.39 is 0 Å². The summed E-state index contributed by atoms with van der Waals surface area (Å²) in [5, 5.41) is 0. The standard InChI is InChI=1S/C15H27N5O/c1-9(2)12-17-13(19-16)11(4)14(18-12)20-7-10(3)21-15(5,6)8-20/h9-10H,7-8,16H2,1-6H3,(H,17,18,19). The summed E-state index contributed by atoms with van der Waals surface area (Å²) in [4.78, 5) is 11.5. The van der Waals surface area contributed by atoms with E-state index in [1.54, 1.807) is 0 Å². The van der Waals surface area contributed by atoms with Gasteiger partial charge < -0.3 is 15.1 Å². The molecule has 0 aliphatic carbocycles. The van der Waals surface area contributed by atoms with Crippen molar-refractivity contribution in [1.29, 1.82) is 0 Å². The molecule has 0 aromatic carbocycles. The molecule has 1 aliphatic heterocycles. The Balaban J connectivity index is 2.44. The monoisotopic (exact) mass is 293 g/mol. The molecular formula is C15H27N5O. The summed E-state index contributed by atoms with van der Waals surface area (Å²) in [5.41, 5.74) is 3.48. The van der Waals surface area contributed by atoms with Gasteiger partial charge in [0.15, 0.2) is 0 Å². The first kappa shape index (κ1) is 16.0. The lowest BCUT2D eigenvalue weighted by molar-refractivity contribution is -0.0752. The molecule has 1 aromatic heterocycles. The number of morpholine rings is 1. The second kappa shape index (κ2) is 5.77. The van der Waals surface area contributed by atoms with Crippen LogP contribution < -0.4 is 16.2 Å². The van der Waals surface area contributed by atoms with E-state index in [9.17, 15) is 0 Å². The SMILES string of the molecule is Cc1c(NN)nc(C(C)C)nc1N1CC(C)OC(C)(C)C1. The zero-order valence-electron chi connectivity index (χ0n) is 13.9. The number of anilines is 2. The van der Waals surface area contributed by atoms with E-state index in [0.29, 0.717) is 5.82 Å². The van der Waals surface area contributed by atoms with Crippen LogP contribution in [0.1, 0.15) is 51.9 Å². The molecule has 0 spiro atoms. The average Bonchev–Trinajstić information content (AvgIpc) is 2.36. The van der Waals surface area contributed by atoms with Crippen LogP contribution in [0.5, 0.6) is 0 Å². The van der Waals surface area contributed by atoms with Gasteiger partial charge in [0.05, 0.1) is 11.7 Å². The molecule has 1 fully saturated rings. The first-order chi connectivity index (χ1) is 9.73. The minimum Gasteiger partial charge on any atom is -0.369 e. The highest BCUT2D eigenvalue weighted by Gasteiger charge is 2.33. The van der Waals surface area contributed by atoms with Crippen LogP contribution in [0.3, 0.4) is 0 Å². The van der Waals surface area contributed by atoms with Gasteiger partial charge in [-0.2, -0.15) is 0 Å². The molecule has 6 heteroatoms. The van der Waals surface area contributed by atoms with Gasteiger partial charge in [-0.25, -0.2) is 15.8 Å². The lowest BCUT2D eigenvalue weighted by Crippen LogP contribution is -2.52. The third-order valence-electron chi connectivity index (χ3n) is 3.66. The number of nitrogens with zero attached hydrogens (tertiary/aromatic N) is 3. The summed E-state index contributed by atoms with van der Waals surface area (Å²) in [6, 6.07) is 0. The van der Waals surface area contributed by atoms with E-state index in [2.05, 4.69) is 49.9 Å². The number of hydrazine groups is 1. The Morgan fingerprint density at radius 1 is 1.38 bits per heavy atom. The molecule has 2 rings (SSSR count). The Bertz CT molecular complexity index is 515. The van der Waals surface area contributed by atoms with Gasteiger partial charge in [-0.3, -0.25) is 0 Å². The average molecular weight is 293 g/mol. The number of nitrogens with two attached hydrogens (primary N) is 1. The van der Waals surface area contributed by atoms with Crippen molar-refractivity contribution in [2.75, 3.05) is 23.4 Å². The van der Waals surface area contributed by atoms with Crippen molar-refractivity contribution in [3.63, 3.8) is 0 Å². The molecule has 1 unspecified atom stereocenters. The lowest BCUT2D eigenvalue weighted by Gasteiger charge is -2.42. The highest BCUT2D eigenvalue weighted by molar-refractivity contribution is 5.58. The largest absolute Gasteiger partial charge is 0.369 e. The van der Waals surface area contributed by atoms with Gasteiger partial charge in [0.1, 0.15) is 17.5 Å². The molecule has 1 aromatic rings. The van der Waals surface area contributed by atoms with Gasteiger partial charge >= 0.3 is 0 Å². The summed E-state index contributed by atoms with van der Waals surface area (Å²) in [7, 11) is 0. The number of aromatic nitrogens is 2. The maximum Gasteiger partial charge on any atom is 0.148 e. The van der Waals surface area contributed by atoms with E-state index in [-0.39, 0.29) is 17.6 Å². The van der Waals surface area contributed by atoms with Crippen LogP contribution in [0.2, 0.25) is 0 Å². The Morgan fingerprint density at radius 3 is 2.57 bits per heavy atom. The molecule has 1 saturated heterocycles. The predicted octanol–water partition coefficient (Wildman–Crippen LogP) is 2.20. The molecule has 0 bridgehead atoms. The minimum atomic E-state index is -0.191. The second-order valence-corrected chi connectivity index (χ2v) is 6.75. The van der Waals surface area contributed by atoms with Crippen molar-refractivity contribution in [2.45, 2.75) is 59.2 Å². The van der Waals surface area contributed by atoms with E-state index in [4.69, 9.17) is 15.6 Å². The van der Waals surface area contributed by atoms with Gasteiger partial charge in [-0.05, 0) is 27.7 Å². The summed E-state index contributed by atoms with van der Waals surface area (Å²) >= 11 is 0. The van der Waals surface area contributed by atoms with Gasteiger partial charge in [0.25, 0.3) is 0 Å². The van der Waals surface area contributed by atoms with Crippen molar-refractivity contribution < 1.29 is 4.74 Å². The van der Waals surface area contributed by atoms with E-state index in [1.165, 1.54) is 0 Å². The molecule has 6 nitrogen and oxygen atoms in total. The zero-order valence-corrected chi connectivity index (χ0v) is 13.9. The fourth-order valence-electron chi connectivity index (χ4n) is 2.84. The lowest BCUT2D eigenvalue weighted by atomic mass is 10.0. The van der Waals surface area contributed by atoms with Crippen molar-refractivity contribution in [3.8, 4) is 0 Å². The van der Waals surface area contributed by atoms with Crippen LogP contribution in [0.25, 0.3) is 0 Å². The maximum absolute atomic E-state index is 5.97. The topological polar surface area (TPSA) is 76.3 Å². The summed E-state index contributed by atoms with van der Waals surface area (Å²) in [6.45, 7) is 14.1. The van der Waals surface area contributed by atoms with Crippen LogP contribution in [0, 0.1) is 6.92 Å². The highest BCUT2D eigenvalue weighted by atomic mass is 16.5. The first-order valence-electron chi connectivity index (χ1n) is 7.51. The predicted molar refractivity (Wildman–Crippen MR) is 85.5 cm³/mol. The molecular weight excluding hydrogens is 266 g/mol. The molecule has 2 heterocycles. The van der Waals surface area contributed by atoms with E-state index >= 15 is 0 Å². The molecule has 3 N–H and O–H groups in total. The Kier molecular flexibility index (Phi) is 4.39. The maximum atomic E-state index is 5.97. The molecule has 0 amide bonds. The quantitative estimate of drug-likeness (QED) is 0.657. The van der Waals surface area contributed by atoms with E-state index in [0.717, 1.165) is 30.3 Å². The normalized spacial score (nSPS) is 21.7. The van der Waals surface area contributed by atoms with Crippen molar-refractivity contribution in [3.05, 3.63) is 11.4 Å². The Morgan fingerprint density at radius 2 is 2.05 bits per heavy atom. The van der Waals surface area contributed by atoms with Crippen molar-refractivity contribution in [2.24, 2.45) is 5.84 Å². The minimum absolute atomic E-state index is 0.167. The first-order valence-corrected chi connectivity index (χ1v) is 7.51. The van der Waals surface area contributed by atoms with Crippen LogP contribution in [0.15, 0.2) is 0 Å². The third kappa shape index (κ3) is 3.44. The van der Waals surface area contributed by atoms with Gasteiger partial charge in [0.2, 0.25) is 0 Å². The molecule has 1 aliphatic rings. The number of hydrogen-bond acceptors (Lipinski definition) is 6. The van der Waals surface area contributed by atoms with Crippen molar-refractivity contribution >= 4 is 11.6 Å². The Labute approximate surface area is 127 Å². The summed E-state index contributed by atoms with van der Waals surface area (Å²) < 4.78 is 5.97. The number of ether oxygens (including phenoxy) is 1. The highest BCUT2D eigenvalue weighted by Crippen LogP contribution is 2.30.